The van der Waals surface area contributed by atoms with E-state index in [-0.39, 0.29) is 18.4 Å². The van der Waals surface area contributed by atoms with Crippen molar-refractivity contribution in [1.29, 1.82) is 0 Å². The van der Waals surface area contributed by atoms with Gasteiger partial charge in [-0.3, -0.25) is 9.78 Å². The normalized spacial score (nSPS) is 24.2. The smallest absolute Gasteiger partial charge is 0.381 e. The van der Waals surface area contributed by atoms with E-state index in [1.54, 1.807) is 4.90 Å². The van der Waals surface area contributed by atoms with E-state index in [9.17, 15) is 18.0 Å². The summed E-state index contributed by atoms with van der Waals surface area (Å²) < 4.78 is 44.3. The highest BCUT2D eigenvalue weighted by Crippen LogP contribution is 2.33. The fourth-order valence-electron chi connectivity index (χ4n) is 4.58. The van der Waals surface area contributed by atoms with E-state index in [1.807, 2.05) is 0 Å². The molecule has 32 heavy (non-hydrogen) atoms. The minimum atomic E-state index is -4.41. The standard InChI is InChI=1S/C20H26F3N3O2.C4H10/c21-20(22,23)15-9-14-12-26(6-3-18(14)24-11-15)19(27)13-1-2-17(10-13)25-16-4-7-28-8-5-16;1-4(2)3/h9,11,13,16-17,25H,1-8,10,12H2;4H,1-3H3. The van der Waals surface area contributed by atoms with Gasteiger partial charge in [0.15, 0.2) is 0 Å². The Morgan fingerprint density at radius 2 is 1.84 bits per heavy atom. The Kier molecular flexibility index (Phi) is 8.55. The van der Waals surface area contributed by atoms with Crippen molar-refractivity contribution in [3.63, 3.8) is 0 Å². The lowest BCUT2D eigenvalue weighted by Gasteiger charge is -2.31. The number of fused-ring (bicyclic) bond motifs is 1. The molecule has 1 aliphatic carbocycles. The maximum atomic E-state index is 13.0. The predicted molar refractivity (Wildman–Crippen MR) is 117 cm³/mol. The van der Waals surface area contributed by atoms with Crippen molar-refractivity contribution in [3.05, 3.63) is 29.1 Å². The van der Waals surface area contributed by atoms with Crippen LogP contribution in [-0.2, 0) is 28.7 Å². The number of rotatable bonds is 3. The summed E-state index contributed by atoms with van der Waals surface area (Å²) in [4.78, 5) is 18.7. The summed E-state index contributed by atoms with van der Waals surface area (Å²) in [6.07, 6.45) is 1.61. The predicted octanol–water partition coefficient (Wildman–Crippen LogP) is 4.58. The van der Waals surface area contributed by atoms with E-state index in [0.29, 0.717) is 36.3 Å². The molecule has 1 N–H and O–H groups in total. The lowest BCUT2D eigenvalue weighted by Crippen LogP contribution is -2.42. The van der Waals surface area contributed by atoms with E-state index >= 15 is 0 Å². The Morgan fingerprint density at radius 3 is 2.50 bits per heavy atom. The van der Waals surface area contributed by atoms with Crippen LogP contribution in [0.1, 0.15) is 69.7 Å². The molecular formula is C24H36F3N3O2. The molecule has 1 aromatic heterocycles. The molecule has 1 aromatic rings. The van der Waals surface area contributed by atoms with E-state index in [2.05, 4.69) is 31.1 Å². The molecule has 3 heterocycles. The third-order valence-corrected chi connectivity index (χ3v) is 6.15. The lowest BCUT2D eigenvalue weighted by atomic mass is 10.00. The van der Waals surface area contributed by atoms with E-state index in [0.717, 1.165) is 63.5 Å². The average molecular weight is 456 g/mol. The van der Waals surface area contributed by atoms with Crippen LogP contribution < -0.4 is 5.32 Å². The second-order valence-electron chi connectivity index (χ2n) is 9.83. The Morgan fingerprint density at radius 1 is 1.16 bits per heavy atom. The van der Waals surface area contributed by atoms with Gasteiger partial charge in [-0.25, -0.2) is 0 Å². The van der Waals surface area contributed by atoms with Gasteiger partial charge in [0.2, 0.25) is 5.91 Å². The molecule has 0 aromatic carbocycles. The Hall–Kier alpha value is -1.67. The summed E-state index contributed by atoms with van der Waals surface area (Å²) >= 11 is 0. The molecule has 2 aliphatic heterocycles. The van der Waals surface area contributed by atoms with Crippen molar-refractivity contribution < 1.29 is 22.7 Å². The Balaban J connectivity index is 0.000000668. The van der Waals surface area contributed by atoms with Gasteiger partial charge in [0.05, 0.1) is 5.56 Å². The first kappa shape index (κ1) is 25.0. The van der Waals surface area contributed by atoms with Gasteiger partial charge in [-0.2, -0.15) is 13.2 Å². The molecule has 2 fully saturated rings. The summed E-state index contributed by atoms with van der Waals surface area (Å²) in [7, 11) is 0. The molecule has 2 atom stereocenters. The molecule has 2 unspecified atom stereocenters. The highest BCUT2D eigenvalue weighted by molar-refractivity contribution is 5.79. The van der Waals surface area contributed by atoms with Crippen LogP contribution in [0.3, 0.4) is 0 Å². The number of aromatic nitrogens is 1. The van der Waals surface area contributed by atoms with E-state index < -0.39 is 11.7 Å². The highest BCUT2D eigenvalue weighted by atomic mass is 19.4. The minimum Gasteiger partial charge on any atom is -0.381 e. The number of nitrogens with one attached hydrogen (secondary N) is 1. The first-order valence-electron chi connectivity index (χ1n) is 11.8. The quantitative estimate of drug-likeness (QED) is 0.725. The van der Waals surface area contributed by atoms with Gasteiger partial charge in [-0.15, -0.1) is 0 Å². The average Bonchev–Trinajstić information content (AvgIpc) is 3.20. The first-order chi connectivity index (χ1) is 15.1. The maximum absolute atomic E-state index is 13.0. The van der Waals surface area contributed by atoms with Crippen molar-refractivity contribution in [2.24, 2.45) is 11.8 Å². The van der Waals surface area contributed by atoms with Crippen molar-refractivity contribution in [2.45, 2.75) is 84.1 Å². The number of alkyl halides is 3. The molecular weight excluding hydrogens is 419 g/mol. The summed E-state index contributed by atoms with van der Waals surface area (Å²) in [6.45, 7) is 8.82. The summed E-state index contributed by atoms with van der Waals surface area (Å²) in [5.41, 5.74) is 0.439. The number of carbonyl (C=O) groups excluding carboxylic acids is 1. The largest absolute Gasteiger partial charge is 0.417 e. The number of carbonyl (C=O) groups is 1. The van der Waals surface area contributed by atoms with Crippen molar-refractivity contribution in [2.75, 3.05) is 19.8 Å². The zero-order chi connectivity index (χ0) is 23.3. The number of pyridine rings is 1. The zero-order valence-corrected chi connectivity index (χ0v) is 19.4. The topological polar surface area (TPSA) is 54.5 Å². The first-order valence-corrected chi connectivity index (χ1v) is 11.8. The molecule has 3 aliphatic rings. The van der Waals surface area contributed by atoms with Crippen molar-refractivity contribution in [1.82, 2.24) is 15.2 Å². The lowest BCUT2D eigenvalue weighted by molar-refractivity contribution is -0.137. The zero-order valence-electron chi connectivity index (χ0n) is 19.4. The van der Waals surface area contributed by atoms with Crippen LogP contribution in [0, 0.1) is 11.8 Å². The molecule has 1 amide bonds. The van der Waals surface area contributed by atoms with E-state index in [4.69, 9.17) is 4.74 Å². The molecule has 5 nitrogen and oxygen atoms in total. The third kappa shape index (κ3) is 6.91. The van der Waals surface area contributed by atoms with Gasteiger partial charge in [0.1, 0.15) is 0 Å². The number of amides is 1. The molecule has 0 spiro atoms. The van der Waals surface area contributed by atoms with Gasteiger partial charge in [0.25, 0.3) is 0 Å². The van der Waals surface area contributed by atoms with Crippen LogP contribution >= 0.6 is 0 Å². The molecule has 1 saturated carbocycles. The molecule has 0 radical (unpaired) electrons. The highest BCUT2D eigenvalue weighted by Gasteiger charge is 2.36. The fourth-order valence-corrected chi connectivity index (χ4v) is 4.58. The Bertz CT molecular complexity index is 761. The van der Waals surface area contributed by atoms with Crippen LogP contribution in [0.2, 0.25) is 0 Å². The van der Waals surface area contributed by atoms with E-state index in [1.165, 1.54) is 0 Å². The third-order valence-electron chi connectivity index (χ3n) is 6.15. The van der Waals surface area contributed by atoms with Crippen molar-refractivity contribution >= 4 is 5.91 Å². The molecule has 8 heteroatoms. The van der Waals surface area contributed by atoms with Crippen LogP contribution in [0.25, 0.3) is 0 Å². The maximum Gasteiger partial charge on any atom is 0.417 e. The van der Waals surface area contributed by atoms with Gasteiger partial charge in [0, 0.05) is 62.6 Å². The van der Waals surface area contributed by atoms with Gasteiger partial charge in [-0.05, 0) is 49.7 Å². The Labute approximate surface area is 189 Å². The van der Waals surface area contributed by atoms with Crippen molar-refractivity contribution in [3.8, 4) is 0 Å². The number of hydrogen-bond donors (Lipinski definition) is 1. The number of halogens is 3. The molecule has 1 saturated heterocycles. The second kappa shape index (κ2) is 11.0. The fraction of sp³-hybridized carbons (Fsp3) is 0.750. The molecule has 4 rings (SSSR count). The SMILES string of the molecule is CC(C)C.O=C(C1CCC(NC2CCOCC2)C1)N1CCc2ncc(C(F)(F)F)cc2C1. The van der Waals surface area contributed by atoms with Crippen LogP contribution in [0.4, 0.5) is 13.2 Å². The second-order valence-corrected chi connectivity index (χ2v) is 9.83. The van der Waals surface area contributed by atoms with Crippen LogP contribution in [-0.4, -0.2) is 47.6 Å². The molecule has 180 valence electrons. The number of ether oxygens (including phenoxy) is 1. The minimum absolute atomic E-state index is 0.0438. The van der Waals surface area contributed by atoms with Gasteiger partial charge in [-0.1, -0.05) is 20.8 Å². The monoisotopic (exact) mass is 455 g/mol. The number of hydrogen-bond acceptors (Lipinski definition) is 4. The van der Waals surface area contributed by atoms with Gasteiger partial charge < -0.3 is 15.0 Å². The molecule has 0 bridgehead atoms. The van der Waals surface area contributed by atoms with Crippen LogP contribution in [0.15, 0.2) is 12.3 Å². The summed E-state index contributed by atoms with van der Waals surface area (Å²) in [6, 6.07) is 1.94. The van der Waals surface area contributed by atoms with Crippen LogP contribution in [0.5, 0.6) is 0 Å². The summed E-state index contributed by atoms with van der Waals surface area (Å²) in [5, 5.41) is 3.66. The van der Waals surface area contributed by atoms with Gasteiger partial charge >= 0.3 is 6.18 Å². The number of nitrogens with zero attached hydrogens (tertiary/aromatic N) is 2. The summed E-state index contributed by atoms with van der Waals surface area (Å²) in [5.74, 6) is 0.858.